The van der Waals surface area contributed by atoms with Crippen molar-refractivity contribution in [3.05, 3.63) is 29.8 Å². The molecular weight excluding hydrogens is 294 g/mol. The third-order valence-corrected chi connectivity index (χ3v) is 5.26. The Kier molecular flexibility index (Phi) is 4.62. The molecule has 21 heavy (non-hydrogen) atoms. The Bertz CT molecular complexity index is 641. The van der Waals surface area contributed by atoms with Crippen LogP contribution in [0.4, 0.5) is 0 Å². The van der Waals surface area contributed by atoms with Gasteiger partial charge < -0.3 is 9.64 Å². The van der Waals surface area contributed by atoms with E-state index in [9.17, 15) is 18.0 Å². The van der Waals surface area contributed by atoms with Gasteiger partial charge in [0, 0.05) is 18.7 Å². The van der Waals surface area contributed by atoms with Crippen molar-refractivity contribution < 1.29 is 22.7 Å². The van der Waals surface area contributed by atoms with E-state index >= 15 is 0 Å². The van der Waals surface area contributed by atoms with E-state index in [0.29, 0.717) is 24.0 Å². The predicted molar refractivity (Wildman–Crippen MR) is 77.2 cm³/mol. The first-order chi connectivity index (χ1) is 9.91. The molecule has 0 bridgehead atoms. The fourth-order valence-electron chi connectivity index (χ4n) is 2.21. The van der Waals surface area contributed by atoms with E-state index in [4.69, 9.17) is 4.74 Å². The average Bonchev–Trinajstić information content (AvgIpc) is 2.84. The first kappa shape index (κ1) is 15.5. The van der Waals surface area contributed by atoms with Gasteiger partial charge in [-0.1, -0.05) is 12.1 Å². The first-order valence-corrected chi connectivity index (χ1v) is 8.37. The van der Waals surface area contributed by atoms with Crippen molar-refractivity contribution in [3.63, 3.8) is 0 Å². The average molecular weight is 311 g/mol. The van der Waals surface area contributed by atoms with E-state index in [1.54, 1.807) is 31.3 Å². The molecule has 0 aliphatic carbocycles. The molecule has 1 heterocycles. The molecule has 1 aromatic carbocycles. The van der Waals surface area contributed by atoms with Crippen LogP contribution in [-0.2, 0) is 14.6 Å². The van der Waals surface area contributed by atoms with E-state index in [1.165, 1.54) is 4.90 Å². The van der Waals surface area contributed by atoms with Crippen molar-refractivity contribution in [2.75, 3.05) is 25.2 Å². The van der Waals surface area contributed by atoms with Crippen LogP contribution in [0.2, 0.25) is 0 Å². The summed E-state index contributed by atoms with van der Waals surface area (Å²) in [5, 5.41) is 0. The summed E-state index contributed by atoms with van der Waals surface area (Å²) in [4.78, 5) is 24.1. The van der Waals surface area contributed by atoms with Crippen molar-refractivity contribution in [2.45, 2.75) is 12.5 Å². The summed E-state index contributed by atoms with van der Waals surface area (Å²) < 4.78 is 28.2. The van der Waals surface area contributed by atoms with Crippen LogP contribution in [0.1, 0.15) is 16.8 Å². The lowest BCUT2D eigenvalue weighted by atomic mass is 10.2. The number of hydrogen-bond acceptors (Lipinski definition) is 5. The lowest BCUT2D eigenvalue weighted by molar-refractivity contribution is -0.133. The molecule has 1 amide bonds. The molecule has 0 radical (unpaired) electrons. The SMILES string of the molecule is CN(C(=O)COc1cccc(C=O)c1)[C@@H]1CCS(=O)(=O)C1. The van der Waals surface area contributed by atoms with E-state index in [-0.39, 0.29) is 30.1 Å². The number of nitrogens with zero attached hydrogens (tertiary/aromatic N) is 1. The highest BCUT2D eigenvalue weighted by Gasteiger charge is 2.32. The number of ether oxygens (including phenoxy) is 1. The molecule has 1 aromatic rings. The number of sulfone groups is 1. The summed E-state index contributed by atoms with van der Waals surface area (Å²) in [7, 11) is -1.44. The number of benzene rings is 1. The maximum atomic E-state index is 12.0. The van der Waals surface area contributed by atoms with Gasteiger partial charge in [-0.15, -0.1) is 0 Å². The molecule has 1 atom stereocenters. The standard InChI is InChI=1S/C14H17NO5S/c1-15(12-5-6-21(18,19)10-12)14(17)9-20-13-4-2-3-11(7-13)8-16/h2-4,7-8,12H,5-6,9-10H2,1H3/t12-/m1/s1. The molecule has 114 valence electrons. The minimum Gasteiger partial charge on any atom is -0.484 e. The van der Waals surface area contributed by atoms with Crippen molar-refractivity contribution in [2.24, 2.45) is 0 Å². The maximum Gasteiger partial charge on any atom is 0.260 e. The molecule has 1 saturated heterocycles. The zero-order chi connectivity index (χ0) is 15.5. The van der Waals surface area contributed by atoms with Gasteiger partial charge in [0.15, 0.2) is 16.4 Å². The van der Waals surface area contributed by atoms with Crippen LogP contribution in [0.3, 0.4) is 0 Å². The third kappa shape index (κ3) is 4.04. The van der Waals surface area contributed by atoms with Crippen LogP contribution in [0.5, 0.6) is 5.75 Å². The quantitative estimate of drug-likeness (QED) is 0.741. The number of likely N-dealkylation sites (N-methyl/N-ethyl adjacent to an activating group) is 1. The molecule has 1 aliphatic rings. The fourth-order valence-corrected chi connectivity index (χ4v) is 3.98. The summed E-state index contributed by atoms with van der Waals surface area (Å²) >= 11 is 0. The van der Waals surface area contributed by atoms with Crippen molar-refractivity contribution in [1.82, 2.24) is 4.90 Å². The second-order valence-corrected chi connectivity index (χ2v) is 7.27. The van der Waals surface area contributed by atoms with E-state index in [2.05, 4.69) is 0 Å². The van der Waals surface area contributed by atoms with E-state index in [0.717, 1.165) is 0 Å². The molecule has 0 aromatic heterocycles. The summed E-state index contributed by atoms with van der Waals surface area (Å²) in [6.45, 7) is -0.185. The van der Waals surface area contributed by atoms with Crippen LogP contribution in [0.25, 0.3) is 0 Å². The topological polar surface area (TPSA) is 80.8 Å². The molecule has 0 N–H and O–H groups in total. The monoisotopic (exact) mass is 311 g/mol. The molecule has 1 fully saturated rings. The number of carbonyl (C=O) groups is 2. The van der Waals surface area contributed by atoms with Crippen molar-refractivity contribution >= 4 is 22.0 Å². The van der Waals surface area contributed by atoms with Crippen LogP contribution < -0.4 is 4.74 Å². The molecule has 6 nitrogen and oxygen atoms in total. The highest BCUT2D eigenvalue weighted by molar-refractivity contribution is 7.91. The molecule has 0 saturated carbocycles. The van der Waals surface area contributed by atoms with Crippen LogP contribution in [-0.4, -0.2) is 56.7 Å². The van der Waals surface area contributed by atoms with E-state index < -0.39 is 9.84 Å². The Balaban J connectivity index is 1.91. The second-order valence-electron chi connectivity index (χ2n) is 5.04. The number of carbonyl (C=O) groups excluding carboxylic acids is 2. The Labute approximate surface area is 123 Å². The first-order valence-electron chi connectivity index (χ1n) is 6.55. The minimum atomic E-state index is -3.02. The predicted octanol–water partition coefficient (Wildman–Crippen LogP) is 0.523. The van der Waals surface area contributed by atoms with Crippen LogP contribution >= 0.6 is 0 Å². The van der Waals surface area contributed by atoms with Gasteiger partial charge in [-0.05, 0) is 18.6 Å². The molecule has 2 rings (SSSR count). The zero-order valence-electron chi connectivity index (χ0n) is 11.7. The van der Waals surface area contributed by atoms with Gasteiger partial charge in [0.2, 0.25) is 0 Å². The number of amides is 1. The summed E-state index contributed by atoms with van der Waals surface area (Å²) in [5.41, 5.74) is 0.468. The van der Waals surface area contributed by atoms with Gasteiger partial charge in [0.25, 0.3) is 5.91 Å². The normalized spacial score (nSPS) is 20.0. The highest BCUT2D eigenvalue weighted by Crippen LogP contribution is 2.17. The molecule has 0 spiro atoms. The number of hydrogen-bond donors (Lipinski definition) is 0. The molecule has 7 heteroatoms. The highest BCUT2D eigenvalue weighted by atomic mass is 32.2. The van der Waals surface area contributed by atoms with E-state index in [1.807, 2.05) is 0 Å². The van der Waals surface area contributed by atoms with Crippen LogP contribution in [0.15, 0.2) is 24.3 Å². The lowest BCUT2D eigenvalue weighted by Crippen LogP contribution is -2.40. The molecule has 0 unspecified atom stereocenters. The lowest BCUT2D eigenvalue weighted by Gasteiger charge is -2.23. The Morgan fingerprint density at radius 1 is 1.48 bits per heavy atom. The Morgan fingerprint density at radius 2 is 2.24 bits per heavy atom. The third-order valence-electron chi connectivity index (χ3n) is 3.51. The smallest absolute Gasteiger partial charge is 0.260 e. The molecule has 1 aliphatic heterocycles. The largest absolute Gasteiger partial charge is 0.484 e. The van der Waals surface area contributed by atoms with Crippen molar-refractivity contribution in [3.8, 4) is 5.75 Å². The Hall–Kier alpha value is -1.89. The van der Waals surface area contributed by atoms with Gasteiger partial charge in [0.05, 0.1) is 11.5 Å². The van der Waals surface area contributed by atoms with Gasteiger partial charge in [0.1, 0.15) is 12.0 Å². The van der Waals surface area contributed by atoms with Gasteiger partial charge in [-0.2, -0.15) is 0 Å². The zero-order valence-corrected chi connectivity index (χ0v) is 12.5. The second kappa shape index (κ2) is 6.26. The van der Waals surface area contributed by atoms with Gasteiger partial charge in [-0.25, -0.2) is 8.42 Å². The minimum absolute atomic E-state index is 0.00979. The van der Waals surface area contributed by atoms with Crippen molar-refractivity contribution in [1.29, 1.82) is 0 Å². The maximum absolute atomic E-state index is 12.0. The molecular formula is C14H17NO5S. The summed E-state index contributed by atoms with van der Waals surface area (Å²) in [6, 6.07) is 6.21. The Morgan fingerprint density at radius 3 is 2.86 bits per heavy atom. The summed E-state index contributed by atoms with van der Waals surface area (Å²) in [5.74, 6) is 0.280. The van der Waals surface area contributed by atoms with Crippen LogP contribution in [0, 0.1) is 0 Å². The number of aldehydes is 1. The van der Waals surface area contributed by atoms with Gasteiger partial charge in [-0.3, -0.25) is 9.59 Å². The summed E-state index contributed by atoms with van der Waals surface area (Å²) in [6.07, 6.45) is 1.16. The van der Waals surface area contributed by atoms with Gasteiger partial charge >= 0.3 is 0 Å². The fraction of sp³-hybridized carbons (Fsp3) is 0.429. The number of rotatable bonds is 5.